The fraction of sp³-hybridized carbons (Fsp3) is 0.235. The average molecular weight is 341 g/mol. The van der Waals surface area contributed by atoms with E-state index in [0.717, 1.165) is 28.1 Å². The lowest BCUT2D eigenvalue weighted by Gasteiger charge is -1.99. The first-order chi connectivity index (χ1) is 11.6. The largest absolute Gasteiger partial charge is 0.469 e. The smallest absolute Gasteiger partial charge is 0.230 e. The van der Waals surface area contributed by atoms with Crippen molar-refractivity contribution in [1.29, 1.82) is 0 Å². The maximum atomic E-state index is 12.3. The first-order valence-electron chi connectivity index (χ1n) is 7.62. The second-order valence-electron chi connectivity index (χ2n) is 5.84. The van der Waals surface area contributed by atoms with Gasteiger partial charge in [-0.05, 0) is 36.8 Å². The van der Waals surface area contributed by atoms with Crippen molar-refractivity contribution in [2.45, 2.75) is 19.3 Å². The highest BCUT2D eigenvalue weighted by Gasteiger charge is 2.46. The number of carbonyl (C=O) groups is 2. The number of hydrogen-bond acceptors (Lipinski definition) is 5. The molecule has 1 saturated carbocycles. The van der Waals surface area contributed by atoms with Crippen LogP contribution in [0.15, 0.2) is 41.0 Å². The predicted octanol–water partition coefficient (Wildman–Crippen LogP) is 3.59. The molecular formula is C17H15N3O3S. The molecule has 2 amide bonds. The standard InChI is InChI=1S/C17H15N3O3S/c1-9(21)18-10-4-5-13-15(7-10)24-17(19-13)20-16(22)12-8-11(12)14-3-2-6-23-14/h2-7,11-12H,8H2,1H3,(H,18,21)(H,19,20,22)/t11-,12-/m0/s1. The summed E-state index contributed by atoms with van der Waals surface area (Å²) in [5, 5.41) is 6.19. The fourth-order valence-electron chi connectivity index (χ4n) is 2.76. The quantitative estimate of drug-likeness (QED) is 0.759. The molecule has 1 aliphatic rings. The molecule has 6 nitrogen and oxygen atoms in total. The monoisotopic (exact) mass is 341 g/mol. The van der Waals surface area contributed by atoms with Gasteiger partial charge < -0.3 is 15.1 Å². The molecule has 1 aromatic carbocycles. The number of anilines is 2. The first-order valence-corrected chi connectivity index (χ1v) is 8.44. The minimum atomic E-state index is -0.120. The second-order valence-corrected chi connectivity index (χ2v) is 6.87. The SMILES string of the molecule is CC(=O)Nc1ccc2nc(NC(=O)[C@H]3C[C@@H]3c3ccco3)sc2c1. The van der Waals surface area contributed by atoms with E-state index < -0.39 is 0 Å². The summed E-state index contributed by atoms with van der Waals surface area (Å²) in [5.41, 5.74) is 1.51. The number of carbonyl (C=O) groups excluding carboxylic acids is 2. The molecule has 122 valence electrons. The predicted molar refractivity (Wildman–Crippen MR) is 92.1 cm³/mol. The lowest BCUT2D eigenvalue weighted by atomic mass is 10.2. The van der Waals surface area contributed by atoms with Gasteiger partial charge in [0.05, 0.1) is 16.5 Å². The zero-order valence-corrected chi connectivity index (χ0v) is 13.7. The molecule has 7 heteroatoms. The van der Waals surface area contributed by atoms with Gasteiger partial charge in [-0.3, -0.25) is 9.59 Å². The Morgan fingerprint density at radius 2 is 2.17 bits per heavy atom. The van der Waals surface area contributed by atoms with Gasteiger partial charge in [-0.2, -0.15) is 0 Å². The van der Waals surface area contributed by atoms with Crippen LogP contribution in [0, 0.1) is 5.92 Å². The first kappa shape index (κ1) is 14.9. The molecule has 0 aliphatic heterocycles. The van der Waals surface area contributed by atoms with Crippen LogP contribution in [0.3, 0.4) is 0 Å². The summed E-state index contributed by atoms with van der Waals surface area (Å²) in [6.45, 7) is 1.47. The highest BCUT2D eigenvalue weighted by atomic mass is 32.1. The van der Waals surface area contributed by atoms with Gasteiger partial charge in [-0.25, -0.2) is 4.98 Å². The van der Waals surface area contributed by atoms with E-state index in [1.807, 2.05) is 24.3 Å². The van der Waals surface area contributed by atoms with Gasteiger partial charge in [-0.1, -0.05) is 11.3 Å². The van der Waals surface area contributed by atoms with Gasteiger partial charge in [-0.15, -0.1) is 0 Å². The van der Waals surface area contributed by atoms with Crippen LogP contribution in [-0.2, 0) is 9.59 Å². The van der Waals surface area contributed by atoms with E-state index in [1.54, 1.807) is 12.3 Å². The van der Waals surface area contributed by atoms with E-state index in [4.69, 9.17) is 4.42 Å². The molecule has 3 aromatic rings. The minimum Gasteiger partial charge on any atom is -0.469 e. The molecule has 2 aromatic heterocycles. The Morgan fingerprint density at radius 3 is 2.92 bits per heavy atom. The van der Waals surface area contributed by atoms with Crippen LogP contribution in [-0.4, -0.2) is 16.8 Å². The Balaban J connectivity index is 1.46. The molecule has 4 rings (SSSR count). The van der Waals surface area contributed by atoms with E-state index in [0.29, 0.717) is 5.13 Å². The Hall–Kier alpha value is -2.67. The fourth-order valence-corrected chi connectivity index (χ4v) is 3.67. The number of nitrogens with one attached hydrogen (secondary N) is 2. The van der Waals surface area contributed by atoms with Crippen LogP contribution >= 0.6 is 11.3 Å². The summed E-state index contributed by atoms with van der Waals surface area (Å²) in [5.74, 6) is 0.820. The Labute approximate surface area is 141 Å². The summed E-state index contributed by atoms with van der Waals surface area (Å²) in [4.78, 5) is 27.9. The number of nitrogens with zero attached hydrogens (tertiary/aromatic N) is 1. The molecule has 0 bridgehead atoms. The van der Waals surface area contributed by atoms with Gasteiger partial charge in [0.2, 0.25) is 11.8 Å². The molecule has 0 saturated heterocycles. The van der Waals surface area contributed by atoms with Crippen LogP contribution in [0.25, 0.3) is 10.2 Å². The zero-order valence-electron chi connectivity index (χ0n) is 12.9. The molecular weight excluding hydrogens is 326 g/mol. The molecule has 2 atom stereocenters. The number of fused-ring (bicyclic) bond motifs is 1. The Bertz CT molecular complexity index is 916. The number of rotatable bonds is 4. The van der Waals surface area contributed by atoms with Crippen molar-refractivity contribution in [2.24, 2.45) is 5.92 Å². The number of benzene rings is 1. The zero-order chi connectivity index (χ0) is 16.7. The van der Waals surface area contributed by atoms with E-state index in [2.05, 4.69) is 15.6 Å². The summed E-state index contributed by atoms with van der Waals surface area (Å²) < 4.78 is 6.27. The van der Waals surface area contributed by atoms with Crippen LogP contribution in [0.1, 0.15) is 25.0 Å². The van der Waals surface area contributed by atoms with Crippen molar-refractivity contribution < 1.29 is 14.0 Å². The summed E-state index contributed by atoms with van der Waals surface area (Å²) in [7, 11) is 0. The number of furan rings is 1. The van der Waals surface area contributed by atoms with Gasteiger partial charge in [0, 0.05) is 24.4 Å². The van der Waals surface area contributed by atoms with Crippen molar-refractivity contribution >= 4 is 44.2 Å². The second kappa shape index (κ2) is 5.76. The minimum absolute atomic E-state index is 0.0301. The molecule has 24 heavy (non-hydrogen) atoms. The molecule has 2 N–H and O–H groups in total. The van der Waals surface area contributed by atoms with Gasteiger partial charge in [0.25, 0.3) is 0 Å². The number of hydrogen-bond donors (Lipinski definition) is 2. The van der Waals surface area contributed by atoms with Gasteiger partial charge in [0.1, 0.15) is 5.76 Å². The lowest BCUT2D eigenvalue weighted by molar-refractivity contribution is -0.117. The normalized spacial score (nSPS) is 19.2. The number of amides is 2. The van der Waals surface area contributed by atoms with Gasteiger partial charge in [0.15, 0.2) is 5.13 Å². The molecule has 1 fully saturated rings. The van der Waals surface area contributed by atoms with Crippen LogP contribution in [0.4, 0.5) is 10.8 Å². The molecule has 0 radical (unpaired) electrons. The van der Waals surface area contributed by atoms with Crippen molar-refractivity contribution in [3.8, 4) is 0 Å². The maximum Gasteiger partial charge on any atom is 0.230 e. The van der Waals surface area contributed by atoms with Crippen molar-refractivity contribution in [3.05, 3.63) is 42.4 Å². The van der Waals surface area contributed by atoms with Crippen molar-refractivity contribution in [1.82, 2.24) is 4.98 Å². The third-order valence-electron chi connectivity index (χ3n) is 3.97. The molecule has 0 unspecified atom stereocenters. The molecule has 0 spiro atoms. The molecule has 1 aliphatic carbocycles. The third-order valence-corrected chi connectivity index (χ3v) is 4.91. The lowest BCUT2D eigenvalue weighted by Crippen LogP contribution is -2.14. The summed E-state index contributed by atoms with van der Waals surface area (Å²) in [6, 6.07) is 9.22. The number of thiazole rings is 1. The van der Waals surface area contributed by atoms with Crippen molar-refractivity contribution in [3.63, 3.8) is 0 Å². The van der Waals surface area contributed by atoms with Crippen molar-refractivity contribution in [2.75, 3.05) is 10.6 Å². The van der Waals surface area contributed by atoms with E-state index >= 15 is 0 Å². The summed E-state index contributed by atoms with van der Waals surface area (Å²) in [6.07, 6.45) is 2.43. The van der Waals surface area contributed by atoms with E-state index in [1.165, 1.54) is 18.3 Å². The highest BCUT2D eigenvalue weighted by Crippen LogP contribution is 2.48. The van der Waals surface area contributed by atoms with E-state index in [9.17, 15) is 9.59 Å². The maximum absolute atomic E-state index is 12.3. The number of aromatic nitrogens is 1. The van der Waals surface area contributed by atoms with Crippen LogP contribution in [0.2, 0.25) is 0 Å². The summed E-state index contributed by atoms with van der Waals surface area (Å²) >= 11 is 1.39. The Morgan fingerprint density at radius 1 is 1.29 bits per heavy atom. The highest BCUT2D eigenvalue weighted by molar-refractivity contribution is 7.22. The Kier molecular flexibility index (Phi) is 3.57. The van der Waals surface area contributed by atoms with Gasteiger partial charge >= 0.3 is 0 Å². The molecule has 2 heterocycles. The average Bonchev–Trinajstić information content (AvgIpc) is 2.97. The van der Waals surface area contributed by atoms with Crippen LogP contribution in [0.5, 0.6) is 0 Å². The van der Waals surface area contributed by atoms with Crippen LogP contribution < -0.4 is 10.6 Å². The third kappa shape index (κ3) is 2.90. The van der Waals surface area contributed by atoms with E-state index in [-0.39, 0.29) is 23.7 Å². The topological polar surface area (TPSA) is 84.2 Å².